The first-order chi connectivity index (χ1) is 8.22. The van der Waals surface area contributed by atoms with Crippen molar-refractivity contribution in [1.82, 2.24) is 4.90 Å². The molecule has 3 nitrogen and oxygen atoms in total. The molecule has 1 aliphatic heterocycles. The van der Waals surface area contributed by atoms with Gasteiger partial charge in [-0.25, -0.2) is 0 Å². The molecule has 3 unspecified atom stereocenters. The molecule has 1 saturated heterocycles. The lowest BCUT2D eigenvalue weighted by Gasteiger charge is -2.41. The van der Waals surface area contributed by atoms with Crippen LogP contribution in [-0.2, 0) is 4.79 Å². The summed E-state index contributed by atoms with van der Waals surface area (Å²) in [5, 5.41) is 9.01. The topological polar surface area (TPSA) is 40.5 Å². The maximum atomic E-state index is 10.9. The summed E-state index contributed by atoms with van der Waals surface area (Å²) < 4.78 is 0. The van der Waals surface area contributed by atoms with Crippen LogP contribution in [0.25, 0.3) is 0 Å². The zero-order valence-electron chi connectivity index (χ0n) is 10.6. The van der Waals surface area contributed by atoms with Crippen LogP contribution in [0.2, 0.25) is 0 Å². The highest BCUT2D eigenvalue weighted by Gasteiger charge is 2.36. The number of carboxylic acids is 1. The molecular formula is C13H23NO2S. The second kappa shape index (κ2) is 6.10. The van der Waals surface area contributed by atoms with E-state index in [0.717, 1.165) is 18.2 Å². The summed E-state index contributed by atoms with van der Waals surface area (Å²) in [6, 6.07) is 0.925. The Hall–Kier alpha value is -0.220. The predicted octanol–water partition coefficient (Wildman–Crippen LogP) is 2.46. The highest BCUT2D eigenvalue weighted by Crippen LogP contribution is 2.35. The minimum atomic E-state index is -0.645. The molecular weight excluding hydrogens is 234 g/mol. The number of carboxylic acid groups (broad SMARTS) is 1. The Bertz CT molecular complexity index is 272. The summed E-state index contributed by atoms with van der Waals surface area (Å²) in [6.07, 6.45) is 5.50. The number of aliphatic carboxylic acids is 1. The van der Waals surface area contributed by atoms with Gasteiger partial charge in [0.15, 0.2) is 0 Å². The lowest BCUT2D eigenvalue weighted by atomic mass is 9.97. The molecule has 98 valence electrons. The first kappa shape index (κ1) is 13.2. The number of hydrogen-bond acceptors (Lipinski definition) is 3. The van der Waals surface area contributed by atoms with Crippen LogP contribution in [0.5, 0.6) is 0 Å². The highest BCUT2D eigenvalue weighted by molar-refractivity contribution is 7.99. The molecule has 0 aromatic carbocycles. The Labute approximate surface area is 108 Å². The van der Waals surface area contributed by atoms with Gasteiger partial charge in [-0.2, -0.15) is 11.8 Å². The first-order valence-electron chi connectivity index (χ1n) is 6.77. The van der Waals surface area contributed by atoms with E-state index in [1.165, 1.54) is 31.4 Å². The second-order valence-corrected chi connectivity index (χ2v) is 6.38. The Balaban J connectivity index is 2.02. The molecule has 0 amide bonds. The van der Waals surface area contributed by atoms with E-state index in [2.05, 4.69) is 11.8 Å². The number of nitrogens with zero attached hydrogens (tertiary/aromatic N) is 1. The molecule has 1 saturated carbocycles. The van der Waals surface area contributed by atoms with Crippen molar-refractivity contribution >= 4 is 17.7 Å². The van der Waals surface area contributed by atoms with Gasteiger partial charge in [-0.05, 0) is 18.8 Å². The van der Waals surface area contributed by atoms with E-state index in [9.17, 15) is 4.79 Å². The first-order valence-corrected chi connectivity index (χ1v) is 7.93. The number of carbonyl (C=O) groups is 1. The molecule has 0 spiro atoms. The number of thioether (sulfide) groups is 1. The molecule has 4 heteroatoms. The van der Waals surface area contributed by atoms with Gasteiger partial charge in [0.1, 0.15) is 0 Å². The van der Waals surface area contributed by atoms with E-state index >= 15 is 0 Å². The van der Waals surface area contributed by atoms with E-state index in [4.69, 9.17) is 5.11 Å². The van der Waals surface area contributed by atoms with Gasteiger partial charge in [-0.1, -0.05) is 19.8 Å². The standard InChI is InChI=1S/C13H23NO2S/c1-2-10-4-3-5-12(10)14-6-7-17-9-11(14)8-13(15)16/h10-12H,2-9H2,1H3,(H,15,16). The summed E-state index contributed by atoms with van der Waals surface area (Å²) >= 11 is 1.91. The summed E-state index contributed by atoms with van der Waals surface area (Å²) in [5.74, 6) is 2.32. The third-order valence-electron chi connectivity index (χ3n) is 4.25. The molecule has 0 radical (unpaired) electrons. The van der Waals surface area contributed by atoms with Gasteiger partial charge in [0.05, 0.1) is 6.42 Å². The molecule has 17 heavy (non-hydrogen) atoms. The Morgan fingerprint density at radius 1 is 1.47 bits per heavy atom. The zero-order chi connectivity index (χ0) is 12.3. The fourth-order valence-electron chi connectivity index (χ4n) is 3.41. The van der Waals surface area contributed by atoms with Gasteiger partial charge in [0.25, 0.3) is 0 Å². The normalized spacial score (nSPS) is 35.0. The van der Waals surface area contributed by atoms with Crippen molar-refractivity contribution in [3.05, 3.63) is 0 Å². The third kappa shape index (κ3) is 3.16. The number of hydrogen-bond donors (Lipinski definition) is 1. The van der Waals surface area contributed by atoms with E-state index in [1.54, 1.807) is 0 Å². The minimum absolute atomic E-state index is 0.267. The molecule has 1 aliphatic carbocycles. The van der Waals surface area contributed by atoms with Crippen molar-refractivity contribution < 1.29 is 9.90 Å². The Kier molecular flexibility index (Phi) is 4.74. The molecule has 0 bridgehead atoms. The largest absolute Gasteiger partial charge is 0.481 e. The van der Waals surface area contributed by atoms with Crippen LogP contribution in [0.1, 0.15) is 39.0 Å². The van der Waals surface area contributed by atoms with Crippen LogP contribution in [0.3, 0.4) is 0 Å². The van der Waals surface area contributed by atoms with Crippen LogP contribution in [0, 0.1) is 5.92 Å². The maximum Gasteiger partial charge on any atom is 0.304 e. The molecule has 1 N–H and O–H groups in total. The molecule has 3 atom stereocenters. The predicted molar refractivity (Wildman–Crippen MR) is 71.5 cm³/mol. The van der Waals surface area contributed by atoms with Gasteiger partial charge in [-0.15, -0.1) is 0 Å². The monoisotopic (exact) mass is 257 g/mol. The molecule has 2 fully saturated rings. The van der Waals surface area contributed by atoms with Gasteiger partial charge < -0.3 is 5.11 Å². The Morgan fingerprint density at radius 2 is 2.29 bits per heavy atom. The fraction of sp³-hybridized carbons (Fsp3) is 0.923. The van der Waals surface area contributed by atoms with Gasteiger partial charge >= 0.3 is 5.97 Å². The maximum absolute atomic E-state index is 10.9. The average Bonchev–Trinajstić information content (AvgIpc) is 2.77. The van der Waals surface area contributed by atoms with Gasteiger partial charge in [0.2, 0.25) is 0 Å². The van der Waals surface area contributed by atoms with Crippen molar-refractivity contribution in [2.24, 2.45) is 5.92 Å². The van der Waals surface area contributed by atoms with E-state index in [0.29, 0.717) is 12.5 Å². The van der Waals surface area contributed by atoms with Crippen LogP contribution in [0.15, 0.2) is 0 Å². The third-order valence-corrected chi connectivity index (χ3v) is 5.34. The van der Waals surface area contributed by atoms with E-state index in [1.807, 2.05) is 11.8 Å². The molecule has 2 rings (SSSR count). The smallest absolute Gasteiger partial charge is 0.304 e. The average molecular weight is 257 g/mol. The zero-order valence-corrected chi connectivity index (χ0v) is 11.4. The molecule has 0 aromatic rings. The fourth-order valence-corrected chi connectivity index (χ4v) is 4.50. The lowest BCUT2D eigenvalue weighted by Crippen LogP contribution is -2.50. The van der Waals surface area contributed by atoms with Crippen molar-refractivity contribution in [3.63, 3.8) is 0 Å². The summed E-state index contributed by atoms with van der Waals surface area (Å²) in [6.45, 7) is 3.36. The second-order valence-electron chi connectivity index (χ2n) is 5.23. The Morgan fingerprint density at radius 3 is 3.00 bits per heavy atom. The van der Waals surface area contributed by atoms with E-state index < -0.39 is 5.97 Å². The summed E-state index contributed by atoms with van der Waals surface area (Å²) in [4.78, 5) is 13.5. The lowest BCUT2D eigenvalue weighted by molar-refractivity contribution is -0.138. The van der Waals surface area contributed by atoms with Crippen LogP contribution >= 0.6 is 11.8 Å². The van der Waals surface area contributed by atoms with E-state index in [-0.39, 0.29) is 6.04 Å². The van der Waals surface area contributed by atoms with Crippen LogP contribution in [-0.4, -0.2) is 46.1 Å². The van der Waals surface area contributed by atoms with Gasteiger partial charge in [-0.3, -0.25) is 9.69 Å². The summed E-state index contributed by atoms with van der Waals surface area (Å²) in [7, 11) is 0. The van der Waals surface area contributed by atoms with Crippen LogP contribution < -0.4 is 0 Å². The summed E-state index contributed by atoms with van der Waals surface area (Å²) in [5.41, 5.74) is 0. The van der Waals surface area contributed by atoms with Gasteiger partial charge in [0, 0.05) is 30.1 Å². The SMILES string of the molecule is CCC1CCCC1N1CCSCC1CC(=O)O. The molecule has 0 aromatic heterocycles. The quantitative estimate of drug-likeness (QED) is 0.840. The van der Waals surface area contributed by atoms with Crippen LogP contribution in [0.4, 0.5) is 0 Å². The van der Waals surface area contributed by atoms with Crippen molar-refractivity contribution in [1.29, 1.82) is 0 Å². The number of rotatable bonds is 4. The highest BCUT2D eigenvalue weighted by atomic mass is 32.2. The molecule has 1 heterocycles. The minimum Gasteiger partial charge on any atom is -0.481 e. The van der Waals surface area contributed by atoms with Crippen molar-refractivity contribution in [2.45, 2.75) is 51.1 Å². The van der Waals surface area contributed by atoms with Crippen molar-refractivity contribution in [3.8, 4) is 0 Å². The van der Waals surface area contributed by atoms with Crippen molar-refractivity contribution in [2.75, 3.05) is 18.1 Å². The molecule has 2 aliphatic rings.